The molecule has 242 valence electrons. The number of carbonyl (C=O) groups excluding carboxylic acids is 1. The molecule has 1 amide bonds. The van der Waals surface area contributed by atoms with Crippen molar-refractivity contribution in [3.05, 3.63) is 41.2 Å². The van der Waals surface area contributed by atoms with Crippen molar-refractivity contribution in [1.82, 2.24) is 4.98 Å². The molecule has 0 spiro atoms. The molecule has 1 aromatic heterocycles. The van der Waals surface area contributed by atoms with Crippen LogP contribution < -0.4 is 5.32 Å². The van der Waals surface area contributed by atoms with Gasteiger partial charge in [-0.05, 0) is 69.5 Å². The van der Waals surface area contributed by atoms with Gasteiger partial charge in [0.25, 0.3) is 5.91 Å². The molecule has 1 atom stereocenters. The Hall–Kier alpha value is -0.610. The summed E-state index contributed by atoms with van der Waals surface area (Å²) in [5, 5.41) is 2.91. The smallest absolute Gasteiger partial charge is 0.250 e. The lowest BCUT2D eigenvalue weighted by Crippen LogP contribution is -2.19. The highest BCUT2D eigenvalue weighted by atomic mass is 35.5. The van der Waals surface area contributed by atoms with Crippen LogP contribution in [0.5, 0.6) is 0 Å². The zero-order chi connectivity index (χ0) is 31.9. The topological polar surface area (TPSA) is 85.4 Å². The van der Waals surface area contributed by atoms with Crippen molar-refractivity contribution in [2.75, 3.05) is 23.8 Å². The molecule has 0 aliphatic rings. The van der Waals surface area contributed by atoms with Crippen molar-refractivity contribution in [1.29, 1.82) is 0 Å². The lowest BCUT2D eigenvalue weighted by Gasteiger charge is -2.23. The average molecular weight is 707 g/mol. The number of nitrogens with one attached hydrogen (secondary N) is 1. The minimum atomic E-state index is -3.41. The third-order valence-corrected chi connectivity index (χ3v) is 16.4. The first-order valence-electron chi connectivity index (χ1n) is 15.3. The van der Waals surface area contributed by atoms with Gasteiger partial charge in [-0.2, -0.15) is 0 Å². The van der Waals surface area contributed by atoms with E-state index >= 15 is 0 Å². The van der Waals surface area contributed by atoms with Crippen molar-refractivity contribution in [2.45, 2.75) is 119 Å². The summed E-state index contributed by atoms with van der Waals surface area (Å²) >= 11 is 15.5. The van der Waals surface area contributed by atoms with E-state index in [4.69, 9.17) is 27.9 Å². The van der Waals surface area contributed by atoms with E-state index < -0.39 is 20.6 Å². The number of unbranched alkanes of at least 4 members (excludes halogenated alkanes) is 6. The van der Waals surface area contributed by atoms with Gasteiger partial charge in [-0.1, -0.05) is 94.1 Å². The van der Waals surface area contributed by atoms with Crippen LogP contribution in [0.4, 0.5) is 5.69 Å². The maximum absolute atomic E-state index is 13.1. The summed E-state index contributed by atoms with van der Waals surface area (Å²) in [5.41, 5.74) is -1.10. The number of amides is 1. The third kappa shape index (κ3) is 13.3. The van der Waals surface area contributed by atoms with Gasteiger partial charge in [0, 0.05) is 22.1 Å². The number of hydrogen-bond donors (Lipinski definition) is 1. The highest BCUT2D eigenvalue weighted by Gasteiger charge is 2.26. The molecule has 1 N–H and O–H groups in total. The number of aryl methyl sites for hydroxylation is 1. The number of aromatic nitrogens is 1. The van der Waals surface area contributed by atoms with Crippen LogP contribution in [0, 0.1) is 0 Å². The molecule has 0 aliphatic heterocycles. The first kappa shape index (κ1) is 38.6. The molecular formula is C31H48ClN2O4PS4. The monoisotopic (exact) mass is 706 g/mol. The van der Waals surface area contributed by atoms with E-state index in [-0.39, 0.29) is 12.5 Å². The molecule has 0 saturated heterocycles. The number of thioether (sulfide) groups is 1. The Morgan fingerprint density at radius 2 is 1.72 bits per heavy atom. The van der Waals surface area contributed by atoms with Crippen molar-refractivity contribution < 1.29 is 17.7 Å². The largest absolute Gasteiger partial charge is 0.331 e. The Kier molecular flexibility index (Phi) is 17.8. The van der Waals surface area contributed by atoms with Gasteiger partial charge in [0.15, 0.2) is 9.84 Å². The number of nitrogens with zero attached hydrogens (tertiary/aromatic N) is 1. The van der Waals surface area contributed by atoms with Crippen LogP contribution >= 0.6 is 40.2 Å². The van der Waals surface area contributed by atoms with Gasteiger partial charge in [-0.25, -0.2) is 8.42 Å². The first-order valence-corrected chi connectivity index (χ1v) is 22.6. The molecule has 0 saturated carbocycles. The molecule has 1 aromatic carbocycles. The fourth-order valence-corrected chi connectivity index (χ4v) is 12.4. The number of benzene rings is 1. The molecule has 0 fully saturated rings. The quantitative estimate of drug-likeness (QED) is 0.0780. The van der Waals surface area contributed by atoms with Crippen molar-refractivity contribution in [2.24, 2.45) is 0 Å². The average Bonchev–Trinajstić information content (AvgIpc) is 2.96. The summed E-state index contributed by atoms with van der Waals surface area (Å²) in [4.78, 5) is 19.7. The summed E-state index contributed by atoms with van der Waals surface area (Å²) in [6.45, 7) is 9.67. The summed E-state index contributed by atoms with van der Waals surface area (Å²) < 4.78 is 32.2. The summed E-state index contributed by atoms with van der Waals surface area (Å²) in [6.07, 6.45) is 12.5. The van der Waals surface area contributed by atoms with Crippen LogP contribution in [0.25, 0.3) is 0 Å². The number of carbonyl (C=O) groups is 1. The van der Waals surface area contributed by atoms with E-state index in [0.717, 1.165) is 79.0 Å². The van der Waals surface area contributed by atoms with E-state index in [9.17, 15) is 13.2 Å². The minimum Gasteiger partial charge on any atom is -0.331 e. The zero-order valence-electron chi connectivity index (χ0n) is 26.2. The van der Waals surface area contributed by atoms with E-state index in [2.05, 4.69) is 31.1 Å². The fraction of sp³-hybridized carbons (Fsp3) is 0.613. The molecule has 2 rings (SSSR count). The van der Waals surface area contributed by atoms with Crippen LogP contribution in [0.1, 0.15) is 98.1 Å². The molecule has 1 heterocycles. The van der Waals surface area contributed by atoms with Gasteiger partial charge >= 0.3 is 0 Å². The molecule has 2 aromatic rings. The predicted molar refractivity (Wildman–Crippen MR) is 191 cm³/mol. The highest BCUT2D eigenvalue weighted by molar-refractivity contribution is 8.69. The SMILES string of the molecule is CCCCCCc1ncc(Cl)cc1NC(=O)COP(=S)(CCCCC)Sc1ccc(S(=O)(=O)C(C)C)cc1SCCCC. The molecule has 43 heavy (non-hydrogen) atoms. The molecule has 0 aliphatic carbocycles. The molecule has 1 unspecified atom stereocenters. The second-order valence-electron chi connectivity index (χ2n) is 10.8. The van der Waals surface area contributed by atoms with Gasteiger partial charge in [-0.3, -0.25) is 9.78 Å². The van der Waals surface area contributed by atoms with Gasteiger partial charge in [-0.15, -0.1) is 11.8 Å². The number of sulfone groups is 1. The Morgan fingerprint density at radius 1 is 1.02 bits per heavy atom. The van der Waals surface area contributed by atoms with Crippen LogP contribution in [0.2, 0.25) is 5.02 Å². The van der Waals surface area contributed by atoms with Crippen LogP contribution in [0.15, 0.2) is 45.1 Å². The van der Waals surface area contributed by atoms with Crippen LogP contribution in [0.3, 0.4) is 0 Å². The zero-order valence-corrected chi connectivity index (χ0v) is 31.1. The lowest BCUT2D eigenvalue weighted by atomic mass is 10.1. The Labute approximate surface area is 278 Å². The van der Waals surface area contributed by atoms with Crippen molar-refractivity contribution in [3.63, 3.8) is 0 Å². The minimum absolute atomic E-state index is 0.170. The van der Waals surface area contributed by atoms with E-state index in [0.29, 0.717) is 21.8 Å². The Bertz CT molecular complexity index is 1320. The van der Waals surface area contributed by atoms with E-state index in [1.807, 2.05) is 6.07 Å². The number of rotatable bonds is 21. The molecule has 6 nitrogen and oxygen atoms in total. The summed E-state index contributed by atoms with van der Waals surface area (Å²) in [5.74, 6) is 0.589. The van der Waals surface area contributed by atoms with Gasteiger partial charge in [0.05, 0.1) is 26.5 Å². The van der Waals surface area contributed by atoms with Gasteiger partial charge in [0.1, 0.15) is 12.1 Å². The number of hydrogen-bond acceptors (Lipinski definition) is 8. The van der Waals surface area contributed by atoms with Gasteiger partial charge in [0.2, 0.25) is 0 Å². The van der Waals surface area contributed by atoms with Crippen molar-refractivity contribution in [3.8, 4) is 0 Å². The maximum Gasteiger partial charge on any atom is 0.250 e. The molecule has 0 bridgehead atoms. The van der Waals surface area contributed by atoms with E-state index in [1.54, 1.807) is 50.0 Å². The second-order valence-corrected chi connectivity index (χ2v) is 22.2. The summed E-state index contributed by atoms with van der Waals surface area (Å²) in [6, 6.07) is 7.06. The second kappa shape index (κ2) is 19.8. The predicted octanol–water partition coefficient (Wildman–Crippen LogP) is 10.2. The summed E-state index contributed by atoms with van der Waals surface area (Å²) in [7, 11) is -3.41. The van der Waals surface area contributed by atoms with E-state index in [1.165, 1.54) is 17.8 Å². The number of pyridine rings is 1. The normalized spacial score (nSPS) is 13.3. The third-order valence-electron chi connectivity index (χ3n) is 6.76. The van der Waals surface area contributed by atoms with Crippen LogP contribution in [-0.4, -0.2) is 43.1 Å². The molecule has 12 heteroatoms. The first-order chi connectivity index (χ1) is 20.5. The molecular weight excluding hydrogens is 659 g/mol. The maximum atomic E-state index is 13.1. The Morgan fingerprint density at radius 3 is 2.40 bits per heavy atom. The van der Waals surface area contributed by atoms with Crippen molar-refractivity contribution >= 4 is 73.4 Å². The molecule has 0 radical (unpaired) electrons. The highest BCUT2D eigenvalue weighted by Crippen LogP contribution is 2.64. The standard InChI is InChI=1S/C31H48ClN2O4PS4/c1-6-9-12-13-15-27-28(20-25(32)22-33-27)34-31(35)23-38-39(40,18-14-10-7-2)42-29-17-16-26(43(36,37)24(4)5)21-30(29)41-19-11-8-3/h16-17,20-22,24H,6-15,18-19,23H2,1-5H3,(H,34,35). The lowest BCUT2D eigenvalue weighted by molar-refractivity contribution is -0.117. The van der Waals surface area contributed by atoms with Gasteiger partial charge < -0.3 is 9.84 Å². The fourth-order valence-electron chi connectivity index (χ4n) is 4.13. The van der Waals surface area contributed by atoms with Crippen LogP contribution in [-0.2, 0) is 37.4 Å². The number of anilines is 1. The Balaban J connectivity index is 2.26. The number of halogens is 1.